The Hall–Kier alpha value is -1.76. The van der Waals surface area contributed by atoms with Gasteiger partial charge in [-0.25, -0.2) is 0 Å². The van der Waals surface area contributed by atoms with Gasteiger partial charge in [-0.1, -0.05) is 0 Å². The minimum atomic E-state index is 0.472. The Morgan fingerprint density at radius 3 is 1.17 bits per heavy atom. The van der Waals surface area contributed by atoms with Crippen LogP contribution in [0.5, 0.6) is 5.75 Å². The van der Waals surface area contributed by atoms with E-state index in [1.807, 2.05) is 6.92 Å². The van der Waals surface area contributed by atoms with Crippen LogP contribution >= 0.6 is 0 Å². The van der Waals surface area contributed by atoms with Crippen molar-refractivity contribution in [2.75, 3.05) is 0 Å². The van der Waals surface area contributed by atoms with Gasteiger partial charge in [0.25, 0.3) is 0 Å². The molecule has 0 unspecified atom stereocenters. The normalized spacial score (nSPS) is 11.2. The van der Waals surface area contributed by atoms with Gasteiger partial charge < -0.3 is 5.11 Å². The number of phenols is 1. The summed E-state index contributed by atoms with van der Waals surface area (Å²) in [5, 5.41) is 10.7. The molecule has 0 amide bonds. The van der Waals surface area contributed by atoms with Crippen molar-refractivity contribution in [1.82, 2.24) is 0 Å². The van der Waals surface area contributed by atoms with Gasteiger partial charge in [0, 0.05) is 12.0 Å². The summed E-state index contributed by atoms with van der Waals surface area (Å²) in [4.78, 5) is 0. The maximum absolute atomic E-state index is 10.7. The van der Waals surface area contributed by atoms with Gasteiger partial charge in [-0.2, -0.15) is 0 Å². The van der Waals surface area contributed by atoms with Crippen LogP contribution in [0.2, 0.25) is 0 Å². The molecule has 124 valence electrons. The Kier molecular flexibility index (Phi) is 4.61. The Morgan fingerprint density at radius 2 is 0.739 bits per heavy atom. The van der Waals surface area contributed by atoms with Gasteiger partial charge in [-0.15, -0.1) is 0 Å². The summed E-state index contributed by atoms with van der Waals surface area (Å²) in [7, 11) is 0. The molecule has 0 heterocycles. The van der Waals surface area contributed by atoms with Crippen molar-refractivity contribution >= 4 is 0 Å². The molecule has 0 bridgehead atoms. The fourth-order valence-corrected chi connectivity index (χ4v) is 3.61. The average Bonchev–Trinajstić information content (AvgIpc) is 2.54. The third kappa shape index (κ3) is 2.67. The van der Waals surface area contributed by atoms with Crippen molar-refractivity contribution in [3.63, 3.8) is 0 Å². The number of benzene rings is 2. The number of aromatic hydroxyl groups is 1. The molecule has 1 N–H and O–H groups in total. The molecule has 0 saturated carbocycles. The molecule has 2 aromatic carbocycles. The van der Waals surface area contributed by atoms with Crippen LogP contribution in [0.15, 0.2) is 0 Å². The molecule has 0 saturated heterocycles. The first-order chi connectivity index (χ1) is 10.6. The van der Waals surface area contributed by atoms with Gasteiger partial charge in [0.05, 0.1) is 0 Å². The molecule has 0 fully saturated rings. The second-order valence-electron chi connectivity index (χ2n) is 7.11. The van der Waals surface area contributed by atoms with E-state index in [1.165, 1.54) is 50.1 Å². The molecular weight excluding hydrogens is 280 g/mol. The number of phenolic OH excluding ortho intramolecular Hbond substituents is 1. The predicted molar refractivity (Wildman–Crippen MR) is 100.0 cm³/mol. The number of hydrogen-bond donors (Lipinski definition) is 1. The second kappa shape index (κ2) is 6.03. The fourth-order valence-electron chi connectivity index (χ4n) is 3.61. The van der Waals surface area contributed by atoms with Crippen molar-refractivity contribution in [2.24, 2.45) is 0 Å². The van der Waals surface area contributed by atoms with Crippen molar-refractivity contribution in [3.8, 4) is 5.75 Å². The summed E-state index contributed by atoms with van der Waals surface area (Å²) in [5.41, 5.74) is 14.0. The van der Waals surface area contributed by atoms with Crippen LogP contribution in [-0.4, -0.2) is 5.11 Å². The minimum Gasteiger partial charge on any atom is -0.507 e. The SMILES string of the molecule is Cc1c(C)c(C)c(Cc2c(C)c(C)c(C)c(C)c2O)c(C)c1C. The van der Waals surface area contributed by atoms with Crippen molar-refractivity contribution in [2.45, 2.75) is 68.7 Å². The first kappa shape index (κ1) is 17.6. The maximum atomic E-state index is 10.7. The first-order valence-electron chi connectivity index (χ1n) is 8.43. The van der Waals surface area contributed by atoms with E-state index < -0.39 is 0 Å². The quantitative estimate of drug-likeness (QED) is 0.747. The van der Waals surface area contributed by atoms with E-state index >= 15 is 0 Å². The van der Waals surface area contributed by atoms with Crippen LogP contribution in [0.25, 0.3) is 0 Å². The molecule has 2 rings (SSSR count). The van der Waals surface area contributed by atoms with Crippen LogP contribution in [-0.2, 0) is 6.42 Å². The van der Waals surface area contributed by atoms with Gasteiger partial charge in [-0.05, 0) is 118 Å². The van der Waals surface area contributed by atoms with Gasteiger partial charge in [-0.3, -0.25) is 0 Å². The van der Waals surface area contributed by atoms with E-state index in [0.717, 1.165) is 17.5 Å². The van der Waals surface area contributed by atoms with E-state index in [-0.39, 0.29) is 0 Å². The predicted octanol–water partition coefficient (Wildman–Crippen LogP) is 5.76. The lowest BCUT2D eigenvalue weighted by atomic mass is 9.84. The minimum absolute atomic E-state index is 0.472. The highest BCUT2D eigenvalue weighted by molar-refractivity contribution is 5.57. The molecule has 0 aliphatic rings. The Morgan fingerprint density at radius 1 is 0.435 bits per heavy atom. The highest BCUT2D eigenvalue weighted by atomic mass is 16.3. The summed E-state index contributed by atoms with van der Waals surface area (Å²) >= 11 is 0. The third-order valence-corrected chi connectivity index (χ3v) is 6.29. The Balaban J connectivity index is 2.71. The molecule has 23 heavy (non-hydrogen) atoms. The zero-order valence-electron chi connectivity index (χ0n) is 16.2. The zero-order chi connectivity index (χ0) is 17.6. The van der Waals surface area contributed by atoms with E-state index in [0.29, 0.717) is 5.75 Å². The standard InChI is InChI=1S/C22H30O/c1-11-12(2)16(6)20(17(7)13(11)3)10-21-18(8)14(4)15(5)19(9)22(21)23/h23H,10H2,1-9H3. The smallest absolute Gasteiger partial charge is 0.122 e. The van der Waals surface area contributed by atoms with Crippen molar-refractivity contribution in [1.29, 1.82) is 0 Å². The lowest BCUT2D eigenvalue weighted by Crippen LogP contribution is -2.06. The summed E-state index contributed by atoms with van der Waals surface area (Å²) in [6, 6.07) is 0. The largest absolute Gasteiger partial charge is 0.507 e. The summed E-state index contributed by atoms with van der Waals surface area (Å²) in [5.74, 6) is 0.472. The van der Waals surface area contributed by atoms with Crippen molar-refractivity contribution in [3.05, 3.63) is 61.2 Å². The summed E-state index contributed by atoms with van der Waals surface area (Å²) in [6.07, 6.45) is 0.805. The molecule has 1 heteroatoms. The lowest BCUT2D eigenvalue weighted by Gasteiger charge is -2.22. The Labute approximate surface area is 141 Å². The number of hydrogen-bond acceptors (Lipinski definition) is 1. The molecule has 1 nitrogen and oxygen atoms in total. The second-order valence-corrected chi connectivity index (χ2v) is 7.11. The average molecular weight is 310 g/mol. The van der Waals surface area contributed by atoms with Gasteiger partial charge in [0.1, 0.15) is 5.75 Å². The molecule has 0 aromatic heterocycles. The molecule has 0 radical (unpaired) electrons. The highest BCUT2D eigenvalue weighted by Gasteiger charge is 2.18. The molecular formula is C22H30O. The highest BCUT2D eigenvalue weighted by Crippen LogP contribution is 2.36. The third-order valence-electron chi connectivity index (χ3n) is 6.29. The first-order valence-corrected chi connectivity index (χ1v) is 8.43. The topological polar surface area (TPSA) is 20.2 Å². The van der Waals surface area contributed by atoms with Crippen LogP contribution in [0.1, 0.15) is 61.2 Å². The van der Waals surface area contributed by atoms with Crippen LogP contribution in [0.4, 0.5) is 0 Å². The fraction of sp³-hybridized carbons (Fsp3) is 0.455. The van der Waals surface area contributed by atoms with Crippen LogP contribution in [0, 0.1) is 62.3 Å². The van der Waals surface area contributed by atoms with E-state index in [1.54, 1.807) is 0 Å². The molecule has 0 spiro atoms. The lowest BCUT2D eigenvalue weighted by molar-refractivity contribution is 0.463. The molecule has 0 atom stereocenters. The van der Waals surface area contributed by atoms with Crippen LogP contribution in [0.3, 0.4) is 0 Å². The van der Waals surface area contributed by atoms with Gasteiger partial charge in [0.2, 0.25) is 0 Å². The van der Waals surface area contributed by atoms with E-state index in [2.05, 4.69) is 55.4 Å². The Bertz CT molecular complexity index is 669. The summed E-state index contributed by atoms with van der Waals surface area (Å²) < 4.78 is 0. The maximum Gasteiger partial charge on any atom is 0.122 e. The summed E-state index contributed by atoms with van der Waals surface area (Å²) in [6.45, 7) is 19.5. The van der Waals surface area contributed by atoms with E-state index in [9.17, 15) is 5.11 Å². The molecule has 0 aliphatic carbocycles. The zero-order valence-corrected chi connectivity index (χ0v) is 16.2. The monoisotopic (exact) mass is 310 g/mol. The molecule has 0 aliphatic heterocycles. The van der Waals surface area contributed by atoms with Gasteiger partial charge in [0.15, 0.2) is 0 Å². The number of rotatable bonds is 2. The van der Waals surface area contributed by atoms with Gasteiger partial charge >= 0.3 is 0 Å². The van der Waals surface area contributed by atoms with E-state index in [4.69, 9.17) is 0 Å². The van der Waals surface area contributed by atoms with Crippen molar-refractivity contribution < 1.29 is 5.11 Å². The van der Waals surface area contributed by atoms with Crippen LogP contribution < -0.4 is 0 Å². The molecule has 2 aromatic rings.